The van der Waals surface area contributed by atoms with Gasteiger partial charge >= 0.3 is 0 Å². The van der Waals surface area contributed by atoms with Gasteiger partial charge in [-0.15, -0.1) is 0 Å². The fourth-order valence-electron chi connectivity index (χ4n) is 2.65. The molecule has 0 aliphatic rings. The molecule has 0 radical (unpaired) electrons. The molecule has 0 aliphatic carbocycles. The summed E-state index contributed by atoms with van der Waals surface area (Å²) in [6, 6.07) is 0. The first-order valence-corrected chi connectivity index (χ1v) is 9.71. The zero-order valence-corrected chi connectivity index (χ0v) is 16.6. The number of quaternary nitrogens is 1. The summed E-state index contributed by atoms with van der Waals surface area (Å²) in [5, 5.41) is 2.96. The molecule has 8 heteroatoms. The fourth-order valence-corrected chi connectivity index (χ4v) is 2.65. The number of nitrogens with one attached hydrogen (secondary N) is 1. The van der Waals surface area contributed by atoms with Crippen LogP contribution in [0.25, 0.3) is 0 Å². The standard InChI is InChI=1S/C15H30N2O.CH4O4S/c1-6-10-17(11-7-2,12-8-3)13-9-16-15(18)14(4)5;1-5-6(2,3)4/h4,6-13H2,1-3,5H3;1H3,(H,2,3,4). The molecule has 0 rings (SSSR count). The Morgan fingerprint density at radius 2 is 1.46 bits per heavy atom. The molecule has 0 aromatic rings. The lowest BCUT2D eigenvalue weighted by Crippen LogP contribution is -2.53. The first-order valence-electron chi connectivity index (χ1n) is 8.37. The van der Waals surface area contributed by atoms with Gasteiger partial charge < -0.3 is 14.4 Å². The molecule has 0 heterocycles. The Hall–Kier alpha value is -0.960. The van der Waals surface area contributed by atoms with E-state index < -0.39 is 10.4 Å². The van der Waals surface area contributed by atoms with Crippen molar-refractivity contribution in [2.45, 2.75) is 47.0 Å². The molecule has 144 valence electrons. The zero-order chi connectivity index (χ0) is 19.2. The predicted molar refractivity (Wildman–Crippen MR) is 95.1 cm³/mol. The van der Waals surface area contributed by atoms with E-state index in [1.165, 1.54) is 38.9 Å². The zero-order valence-electron chi connectivity index (χ0n) is 15.8. The van der Waals surface area contributed by atoms with Crippen LogP contribution in [0.3, 0.4) is 0 Å². The molecule has 0 unspecified atom stereocenters. The van der Waals surface area contributed by atoms with E-state index in [2.05, 4.69) is 36.9 Å². The summed E-state index contributed by atoms with van der Waals surface area (Å²) in [6.07, 6.45) is 3.61. The maximum Gasteiger partial charge on any atom is 0.246 e. The lowest BCUT2D eigenvalue weighted by Gasteiger charge is -2.38. The highest BCUT2D eigenvalue weighted by Gasteiger charge is 2.24. The van der Waals surface area contributed by atoms with Crippen molar-refractivity contribution in [3.05, 3.63) is 12.2 Å². The number of hydrogen-bond donors (Lipinski definition) is 1. The fraction of sp³-hybridized carbons (Fsp3) is 0.812. The maximum atomic E-state index is 11.5. The average Bonchev–Trinajstić information content (AvgIpc) is 2.47. The third-order valence-electron chi connectivity index (χ3n) is 3.56. The highest BCUT2D eigenvalue weighted by atomic mass is 32.3. The van der Waals surface area contributed by atoms with E-state index >= 15 is 0 Å². The highest BCUT2D eigenvalue weighted by Crippen LogP contribution is 2.11. The molecule has 0 spiro atoms. The van der Waals surface area contributed by atoms with E-state index in [0.29, 0.717) is 5.57 Å². The molecule has 7 nitrogen and oxygen atoms in total. The Kier molecular flexibility index (Phi) is 14.1. The smallest absolute Gasteiger partial charge is 0.246 e. The number of carbonyl (C=O) groups is 1. The Balaban J connectivity index is 0. The minimum absolute atomic E-state index is 0.0161. The molecule has 0 bridgehead atoms. The van der Waals surface area contributed by atoms with Crippen LogP contribution < -0.4 is 5.32 Å². The Labute approximate surface area is 147 Å². The van der Waals surface area contributed by atoms with Crippen LogP contribution in [0.15, 0.2) is 12.2 Å². The Morgan fingerprint density at radius 3 is 1.71 bits per heavy atom. The van der Waals surface area contributed by atoms with Crippen LogP contribution >= 0.6 is 0 Å². The van der Waals surface area contributed by atoms with Gasteiger partial charge in [0.1, 0.15) is 0 Å². The van der Waals surface area contributed by atoms with Crippen LogP contribution in [0.5, 0.6) is 0 Å². The minimum Gasteiger partial charge on any atom is -0.726 e. The van der Waals surface area contributed by atoms with E-state index in [0.717, 1.165) is 24.7 Å². The van der Waals surface area contributed by atoms with Gasteiger partial charge in [0.2, 0.25) is 16.3 Å². The van der Waals surface area contributed by atoms with Gasteiger partial charge in [0.25, 0.3) is 0 Å². The number of amides is 1. The third kappa shape index (κ3) is 13.5. The first kappa shape index (κ1) is 25.3. The molecule has 0 atom stereocenters. The minimum atomic E-state index is -4.41. The van der Waals surface area contributed by atoms with Crippen molar-refractivity contribution in [3.8, 4) is 0 Å². The van der Waals surface area contributed by atoms with E-state index in [9.17, 15) is 17.8 Å². The number of carbonyl (C=O) groups excluding carboxylic acids is 1. The van der Waals surface area contributed by atoms with Crippen LogP contribution in [-0.2, 0) is 19.4 Å². The molecule has 1 amide bonds. The molecule has 0 saturated heterocycles. The summed E-state index contributed by atoms with van der Waals surface area (Å²) in [7, 11) is -3.60. The molecule has 24 heavy (non-hydrogen) atoms. The monoisotopic (exact) mass is 366 g/mol. The van der Waals surface area contributed by atoms with Gasteiger partial charge in [-0.1, -0.05) is 27.4 Å². The first-order chi connectivity index (χ1) is 11.1. The van der Waals surface area contributed by atoms with Gasteiger partial charge in [-0.3, -0.25) is 8.98 Å². The van der Waals surface area contributed by atoms with Gasteiger partial charge in [-0.25, -0.2) is 8.42 Å². The van der Waals surface area contributed by atoms with Crippen molar-refractivity contribution in [2.24, 2.45) is 0 Å². The summed E-state index contributed by atoms with van der Waals surface area (Å²) in [6.45, 7) is 17.6. The van der Waals surface area contributed by atoms with Gasteiger partial charge in [0, 0.05) is 5.57 Å². The third-order valence-corrected chi connectivity index (χ3v) is 3.97. The second kappa shape index (κ2) is 13.3. The van der Waals surface area contributed by atoms with Crippen LogP contribution in [0.4, 0.5) is 0 Å². The molecule has 0 saturated carbocycles. The normalized spacial score (nSPS) is 11.4. The van der Waals surface area contributed by atoms with Gasteiger partial charge in [-0.2, -0.15) is 0 Å². The van der Waals surface area contributed by atoms with Crippen LogP contribution in [0.1, 0.15) is 47.0 Å². The summed E-state index contributed by atoms with van der Waals surface area (Å²) < 4.78 is 32.2. The summed E-state index contributed by atoms with van der Waals surface area (Å²) in [4.78, 5) is 11.5. The number of nitrogens with zero attached hydrogens (tertiary/aromatic N) is 1. The Bertz CT molecular complexity index is 446. The highest BCUT2D eigenvalue weighted by molar-refractivity contribution is 7.80. The number of hydrogen-bond acceptors (Lipinski definition) is 5. The SMILES string of the molecule is C=C(C)C(=O)NCC[N+](CCC)(CCC)CCC.COS(=O)(=O)[O-]. The van der Waals surface area contributed by atoms with Crippen LogP contribution in [-0.4, -0.2) is 63.2 Å². The molecule has 0 aliphatic heterocycles. The van der Waals surface area contributed by atoms with Gasteiger partial charge in [-0.05, 0) is 26.2 Å². The van der Waals surface area contributed by atoms with E-state index in [-0.39, 0.29) is 5.91 Å². The molecular formula is C16H34N2O5S. The van der Waals surface area contributed by atoms with Crippen LogP contribution in [0, 0.1) is 0 Å². The van der Waals surface area contributed by atoms with Gasteiger partial charge in [0.05, 0.1) is 39.8 Å². The maximum absolute atomic E-state index is 11.5. The molecule has 0 aromatic heterocycles. The second-order valence-electron chi connectivity index (χ2n) is 5.85. The van der Waals surface area contributed by atoms with E-state index in [1.807, 2.05) is 0 Å². The van der Waals surface area contributed by atoms with Crippen molar-refractivity contribution in [1.29, 1.82) is 0 Å². The van der Waals surface area contributed by atoms with Crippen molar-refractivity contribution >= 4 is 16.3 Å². The van der Waals surface area contributed by atoms with E-state index in [4.69, 9.17) is 0 Å². The molecular weight excluding hydrogens is 332 g/mol. The van der Waals surface area contributed by atoms with Crippen molar-refractivity contribution < 1.29 is 26.4 Å². The topological polar surface area (TPSA) is 95.5 Å². The number of rotatable bonds is 11. The largest absolute Gasteiger partial charge is 0.726 e. The second-order valence-corrected chi connectivity index (χ2v) is 7.00. The molecule has 1 N–H and O–H groups in total. The summed E-state index contributed by atoms with van der Waals surface area (Å²) in [5.74, 6) is -0.0161. The van der Waals surface area contributed by atoms with Crippen molar-refractivity contribution in [2.75, 3.05) is 39.8 Å². The Morgan fingerprint density at radius 1 is 1.08 bits per heavy atom. The predicted octanol–water partition coefficient (Wildman–Crippen LogP) is 1.82. The van der Waals surface area contributed by atoms with Crippen molar-refractivity contribution in [3.63, 3.8) is 0 Å². The summed E-state index contributed by atoms with van der Waals surface area (Å²) in [5.41, 5.74) is 0.592. The van der Waals surface area contributed by atoms with Crippen LogP contribution in [0.2, 0.25) is 0 Å². The lowest BCUT2D eigenvalue weighted by atomic mass is 10.2. The molecule has 0 fully saturated rings. The average molecular weight is 367 g/mol. The molecule has 0 aromatic carbocycles. The van der Waals surface area contributed by atoms with E-state index in [1.54, 1.807) is 6.92 Å². The van der Waals surface area contributed by atoms with Crippen molar-refractivity contribution in [1.82, 2.24) is 5.32 Å². The quantitative estimate of drug-likeness (QED) is 0.260. The summed E-state index contributed by atoms with van der Waals surface area (Å²) >= 11 is 0. The lowest BCUT2D eigenvalue weighted by molar-refractivity contribution is -0.927. The van der Waals surface area contributed by atoms with Gasteiger partial charge in [0.15, 0.2) is 0 Å².